The SMILES string of the molecule is COCOc1cc(-c2c(F)cc3c(N4CCC[C@@H](O)C4)nc(OC[C@@]45CCCN4C[C@H](F)C5)nc3c2F)c2c(Cl)cccc2c1. The molecular formula is C33H34ClF3N4O4. The van der Waals surface area contributed by atoms with Gasteiger partial charge in [0.05, 0.1) is 17.2 Å². The second-order valence-electron chi connectivity index (χ2n) is 12.2. The number of hydrogen-bond donors (Lipinski definition) is 1. The van der Waals surface area contributed by atoms with Crippen molar-refractivity contribution in [3.8, 4) is 22.9 Å². The van der Waals surface area contributed by atoms with Crippen LogP contribution in [-0.2, 0) is 4.74 Å². The fourth-order valence-corrected chi connectivity index (χ4v) is 7.55. The zero-order chi connectivity index (χ0) is 31.3. The molecule has 0 saturated carbocycles. The average molecular weight is 643 g/mol. The summed E-state index contributed by atoms with van der Waals surface area (Å²) in [6.07, 6.45) is 1.82. The van der Waals surface area contributed by atoms with Crippen molar-refractivity contribution in [3.63, 3.8) is 0 Å². The van der Waals surface area contributed by atoms with Crippen LogP contribution in [0, 0.1) is 11.6 Å². The number of ether oxygens (including phenoxy) is 3. The number of benzene rings is 3. The van der Waals surface area contributed by atoms with Crippen LogP contribution in [-0.4, -0.2) is 84.5 Å². The van der Waals surface area contributed by atoms with Gasteiger partial charge in [-0.05, 0) is 61.9 Å². The summed E-state index contributed by atoms with van der Waals surface area (Å²) in [5.74, 6) is -1.12. The van der Waals surface area contributed by atoms with Crippen molar-refractivity contribution >= 4 is 39.1 Å². The zero-order valence-corrected chi connectivity index (χ0v) is 25.6. The third kappa shape index (κ3) is 5.54. The van der Waals surface area contributed by atoms with Gasteiger partial charge in [0, 0.05) is 54.5 Å². The number of anilines is 1. The number of aromatic nitrogens is 2. The molecule has 3 aliphatic rings. The van der Waals surface area contributed by atoms with Crippen LogP contribution in [0.5, 0.6) is 11.8 Å². The van der Waals surface area contributed by atoms with Crippen LogP contribution in [0.3, 0.4) is 0 Å². The predicted molar refractivity (Wildman–Crippen MR) is 166 cm³/mol. The van der Waals surface area contributed by atoms with Gasteiger partial charge in [-0.1, -0.05) is 23.7 Å². The standard InChI is InChI=1S/C33H34ClF3N4O4/c1-43-18-45-22-11-19-5-2-7-25(34)27(19)23(12-22)28-26(36)13-24-30(29(28)37)38-32(39-31(24)40-9-3-6-21(42)16-40)44-17-33-8-4-10-41(33)15-20(35)14-33/h2,5,7,11-13,20-21,42H,3-4,6,8-10,14-18H2,1H3/t20-,21-,33+/m1/s1. The fourth-order valence-electron chi connectivity index (χ4n) is 7.27. The van der Waals surface area contributed by atoms with Gasteiger partial charge in [-0.2, -0.15) is 9.97 Å². The number of methoxy groups -OCH3 is 1. The van der Waals surface area contributed by atoms with E-state index in [2.05, 4.69) is 14.9 Å². The van der Waals surface area contributed by atoms with E-state index in [-0.39, 0.29) is 53.8 Å². The molecule has 3 aliphatic heterocycles. The predicted octanol–water partition coefficient (Wildman–Crippen LogP) is 6.28. The molecule has 0 bridgehead atoms. The lowest BCUT2D eigenvalue weighted by Crippen LogP contribution is -2.43. The van der Waals surface area contributed by atoms with E-state index >= 15 is 8.78 Å². The van der Waals surface area contributed by atoms with Gasteiger partial charge in [-0.15, -0.1) is 0 Å². The third-order valence-electron chi connectivity index (χ3n) is 9.28. The molecule has 4 heterocycles. The Labute approximate surface area is 263 Å². The highest BCUT2D eigenvalue weighted by atomic mass is 35.5. The number of nitrogens with zero attached hydrogens (tertiary/aromatic N) is 4. The maximum absolute atomic E-state index is 16.8. The van der Waals surface area contributed by atoms with Crippen molar-refractivity contribution in [3.05, 3.63) is 53.1 Å². The molecule has 0 unspecified atom stereocenters. The summed E-state index contributed by atoms with van der Waals surface area (Å²) in [4.78, 5) is 13.0. The zero-order valence-electron chi connectivity index (χ0n) is 24.9. The molecule has 3 saturated heterocycles. The average Bonchev–Trinajstić information content (AvgIpc) is 3.54. The lowest BCUT2D eigenvalue weighted by molar-refractivity contribution is 0.0512. The Kier molecular flexibility index (Phi) is 8.14. The lowest BCUT2D eigenvalue weighted by Gasteiger charge is -2.33. The third-order valence-corrected chi connectivity index (χ3v) is 9.60. The van der Waals surface area contributed by atoms with E-state index in [1.165, 1.54) is 19.2 Å². The summed E-state index contributed by atoms with van der Waals surface area (Å²) in [6.45, 7) is 2.02. The fraction of sp³-hybridized carbons (Fsp3) is 0.455. The van der Waals surface area contributed by atoms with Crippen molar-refractivity contribution in [2.45, 2.75) is 49.9 Å². The number of alkyl halides is 1. The number of halogens is 4. The first-order valence-electron chi connectivity index (χ1n) is 15.3. The van der Waals surface area contributed by atoms with Crippen molar-refractivity contribution in [1.29, 1.82) is 0 Å². The second-order valence-corrected chi connectivity index (χ2v) is 12.6. The van der Waals surface area contributed by atoms with Crippen molar-refractivity contribution in [2.24, 2.45) is 0 Å². The summed E-state index contributed by atoms with van der Waals surface area (Å²) in [7, 11) is 1.48. The van der Waals surface area contributed by atoms with E-state index < -0.39 is 29.4 Å². The molecule has 1 aromatic heterocycles. The van der Waals surface area contributed by atoms with E-state index in [9.17, 15) is 9.50 Å². The van der Waals surface area contributed by atoms with Gasteiger partial charge in [0.2, 0.25) is 0 Å². The summed E-state index contributed by atoms with van der Waals surface area (Å²) in [5.41, 5.74) is -0.735. The van der Waals surface area contributed by atoms with E-state index in [1.54, 1.807) is 24.3 Å². The highest BCUT2D eigenvalue weighted by molar-refractivity contribution is 6.36. The molecule has 0 aliphatic carbocycles. The summed E-state index contributed by atoms with van der Waals surface area (Å²) in [5, 5.41) is 12.0. The Balaban J connectivity index is 1.38. The summed E-state index contributed by atoms with van der Waals surface area (Å²) in [6, 6.07) is 9.58. The van der Waals surface area contributed by atoms with Crippen LogP contribution in [0.1, 0.15) is 32.1 Å². The molecule has 1 N–H and O–H groups in total. The van der Waals surface area contributed by atoms with Gasteiger partial charge in [0.1, 0.15) is 35.7 Å². The molecule has 0 radical (unpaired) electrons. The minimum atomic E-state index is -0.940. The number of piperidine rings is 1. The quantitative estimate of drug-likeness (QED) is 0.225. The maximum atomic E-state index is 16.8. The minimum Gasteiger partial charge on any atom is -0.468 e. The number of aliphatic hydroxyl groups excluding tert-OH is 1. The molecule has 7 rings (SSSR count). The van der Waals surface area contributed by atoms with Crippen molar-refractivity contribution < 1.29 is 32.5 Å². The van der Waals surface area contributed by atoms with E-state index in [4.69, 9.17) is 25.8 Å². The van der Waals surface area contributed by atoms with Crippen LogP contribution in [0.2, 0.25) is 5.02 Å². The first-order valence-corrected chi connectivity index (χ1v) is 15.6. The number of fused-ring (bicyclic) bond motifs is 3. The van der Waals surface area contributed by atoms with Crippen LogP contribution >= 0.6 is 11.6 Å². The van der Waals surface area contributed by atoms with Gasteiger partial charge in [0.25, 0.3) is 0 Å². The van der Waals surface area contributed by atoms with E-state index in [0.717, 1.165) is 19.4 Å². The Morgan fingerprint density at radius 2 is 1.96 bits per heavy atom. The van der Waals surface area contributed by atoms with Crippen LogP contribution in [0.4, 0.5) is 19.0 Å². The van der Waals surface area contributed by atoms with Crippen LogP contribution in [0.15, 0.2) is 36.4 Å². The number of β-amino-alcohol motifs (C(OH)–C–C–N with tert-alkyl or cyclic N) is 1. The number of hydrogen-bond acceptors (Lipinski definition) is 8. The highest BCUT2D eigenvalue weighted by Gasteiger charge is 2.49. The summed E-state index contributed by atoms with van der Waals surface area (Å²) >= 11 is 6.60. The number of aliphatic hydroxyl groups is 1. The lowest BCUT2D eigenvalue weighted by atomic mass is 9.95. The molecule has 3 fully saturated rings. The van der Waals surface area contributed by atoms with E-state index in [0.29, 0.717) is 53.9 Å². The monoisotopic (exact) mass is 642 g/mol. The molecule has 4 aromatic rings. The van der Waals surface area contributed by atoms with Gasteiger partial charge in [-0.3, -0.25) is 4.90 Å². The summed E-state index contributed by atoms with van der Waals surface area (Å²) < 4.78 is 64.4. The second kappa shape index (κ2) is 12.1. The maximum Gasteiger partial charge on any atom is 0.319 e. The number of rotatable bonds is 8. The molecule has 3 atom stereocenters. The first kappa shape index (κ1) is 30.3. The molecule has 12 heteroatoms. The Hall–Kier alpha value is -3.38. The Bertz CT molecular complexity index is 1760. The topological polar surface area (TPSA) is 80.2 Å². The smallest absolute Gasteiger partial charge is 0.319 e. The Morgan fingerprint density at radius 3 is 2.78 bits per heavy atom. The van der Waals surface area contributed by atoms with Gasteiger partial charge in [0.15, 0.2) is 12.6 Å². The first-order chi connectivity index (χ1) is 21.8. The van der Waals surface area contributed by atoms with Gasteiger partial charge in [-0.25, -0.2) is 13.2 Å². The largest absolute Gasteiger partial charge is 0.468 e. The van der Waals surface area contributed by atoms with Gasteiger partial charge < -0.3 is 24.2 Å². The normalized spacial score (nSPS) is 23.6. The molecular weight excluding hydrogens is 609 g/mol. The molecule has 8 nitrogen and oxygen atoms in total. The molecule has 0 amide bonds. The molecule has 238 valence electrons. The Morgan fingerprint density at radius 1 is 1.09 bits per heavy atom. The highest BCUT2D eigenvalue weighted by Crippen LogP contribution is 2.43. The van der Waals surface area contributed by atoms with Crippen molar-refractivity contribution in [2.75, 3.05) is 51.6 Å². The molecule has 3 aromatic carbocycles. The van der Waals surface area contributed by atoms with Gasteiger partial charge >= 0.3 is 6.01 Å². The van der Waals surface area contributed by atoms with Crippen LogP contribution < -0.4 is 14.4 Å². The molecule has 45 heavy (non-hydrogen) atoms. The van der Waals surface area contributed by atoms with Crippen LogP contribution in [0.25, 0.3) is 32.8 Å². The minimum absolute atomic E-state index is 0.0603. The van der Waals surface area contributed by atoms with Crippen molar-refractivity contribution in [1.82, 2.24) is 14.9 Å². The molecule has 0 spiro atoms. The van der Waals surface area contributed by atoms with E-state index in [1.807, 2.05) is 4.90 Å².